The van der Waals surface area contributed by atoms with Crippen molar-refractivity contribution in [3.8, 4) is 0 Å². The SMILES string of the molecule is O=C1c2ccccc2N(NCc2nccs2)C(=O)C1C1=NS(=O)(=O)c2ccccc2N1. The summed E-state index contributed by atoms with van der Waals surface area (Å²) < 4.78 is 29.1. The van der Waals surface area contributed by atoms with Crippen molar-refractivity contribution in [1.82, 2.24) is 10.4 Å². The van der Waals surface area contributed by atoms with Crippen LogP contribution >= 0.6 is 11.3 Å². The van der Waals surface area contributed by atoms with Crippen LogP contribution in [0, 0.1) is 5.92 Å². The predicted molar refractivity (Wildman–Crippen MR) is 115 cm³/mol. The van der Waals surface area contributed by atoms with Gasteiger partial charge in [-0.1, -0.05) is 24.3 Å². The fourth-order valence-electron chi connectivity index (χ4n) is 3.54. The monoisotopic (exact) mass is 453 g/mol. The van der Waals surface area contributed by atoms with E-state index in [-0.39, 0.29) is 23.0 Å². The minimum atomic E-state index is -4.06. The summed E-state index contributed by atoms with van der Waals surface area (Å²) in [6.07, 6.45) is 1.66. The van der Waals surface area contributed by atoms with Gasteiger partial charge in [0, 0.05) is 17.1 Å². The van der Waals surface area contributed by atoms with E-state index in [0.717, 1.165) is 5.01 Å². The second kappa shape index (κ2) is 7.38. The third kappa shape index (κ3) is 3.32. The van der Waals surface area contributed by atoms with Gasteiger partial charge in [0.15, 0.2) is 11.7 Å². The summed E-state index contributed by atoms with van der Waals surface area (Å²) >= 11 is 1.42. The molecular formula is C20H15N5O4S2. The summed E-state index contributed by atoms with van der Waals surface area (Å²) in [5.41, 5.74) is 3.96. The largest absolute Gasteiger partial charge is 0.341 e. The Hall–Kier alpha value is -3.41. The van der Waals surface area contributed by atoms with Crippen molar-refractivity contribution in [1.29, 1.82) is 0 Å². The second-order valence-corrected chi connectivity index (χ2v) is 9.37. The fourth-order valence-corrected chi connectivity index (χ4v) is 5.25. The van der Waals surface area contributed by atoms with E-state index in [1.165, 1.54) is 22.4 Å². The number of amides is 1. The number of hydrogen-bond acceptors (Lipinski definition) is 8. The van der Waals surface area contributed by atoms with Gasteiger partial charge in [0.1, 0.15) is 15.7 Å². The molecule has 0 radical (unpaired) electrons. The lowest BCUT2D eigenvalue weighted by atomic mass is 9.90. The first kappa shape index (κ1) is 19.5. The maximum absolute atomic E-state index is 13.4. The van der Waals surface area contributed by atoms with Crippen LogP contribution in [0.15, 0.2) is 69.4 Å². The van der Waals surface area contributed by atoms with Crippen LogP contribution in [0.25, 0.3) is 0 Å². The van der Waals surface area contributed by atoms with Gasteiger partial charge < -0.3 is 5.32 Å². The molecule has 1 aromatic heterocycles. The molecule has 2 aliphatic heterocycles. The Labute approximate surface area is 181 Å². The maximum atomic E-state index is 13.4. The fraction of sp³-hybridized carbons (Fsp3) is 0.100. The Morgan fingerprint density at radius 1 is 1.10 bits per heavy atom. The van der Waals surface area contributed by atoms with E-state index in [2.05, 4.69) is 20.1 Å². The van der Waals surface area contributed by atoms with E-state index in [4.69, 9.17) is 0 Å². The molecule has 2 N–H and O–H groups in total. The first-order valence-corrected chi connectivity index (χ1v) is 11.6. The Bertz CT molecular complexity index is 1340. The van der Waals surface area contributed by atoms with Crippen LogP contribution in [0.4, 0.5) is 11.4 Å². The summed E-state index contributed by atoms with van der Waals surface area (Å²) in [7, 11) is -4.06. The van der Waals surface area contributed by atoms with Crippen LogP contribution < -0.4 is 15.8 Å². The first-order chi connectivity index (χ1) is 15.0. The number of fused-ring (bicyclic) bond motifs is 2. The van der Waals surface area contributed by atoms with Crippen molar-refractivity contribution in [3.05, 3.63) is 70.7 Å². The molecule has 11 heteroatoms. The summed E-state index contributed by atoms with van der Waals surface area (Å²) in [5.74, 6) is -2.79. The zero-order chi connectivity index (χ0) is 21.6. The molecular weight excluding hydrogens is 438 g/mol. The molecule has 0 saturated heterocycles. The number of rotatable bonds is 4. The number of nitrogens with one attached hydrogen (secondary N) is 2. The van der Waals surface area contributed by atoms with Gasteiger partial charge in [-0.2, -0.15) is 8.42 Å². The Morgan fingerprint density at radius 2 is 1.87 bits per heavy atom. The number of para-hydroxylation sites is 2. The smallest absolute Gasteiger partial charge is 0.286 e. The number of carbonyl (C=O) groups excluding carboxylic acids is 2. The molecule has 0 saturated carbocycles. The Balaban J connectivity index is 1.56. The van der Waals surface area contributed by atoms with Gasteiger partial charge in [-0.25, -0.2) is 15.4 Å². The van der Waals surface area contributed by atoms with Gasteiger partial charge in [0.25, 0.3) is 15.9 Å². The number of ketones is 1. The standard InChI is InChI=1S/C20H15N5O4S2/c26-18-12-5-1-3-7-14(12)25(22-11-16-21-9-10-30-16)20(27)17(18)19-23-13-6-2-4-8-15(13)31(28,29)24-19/h1-10,17,22H,11H2,(H,23,24). The number of hydrogen-bond donors (Lipinski definition) is 2. The predicted octanol–water partition coefficient (Wildman–Crippen LogP) is 2.21. The molecule has 2 aromatic carbocycles. The minimum Gasteiger partial charge on any atom is -0.341 e. The molecule has 3 aromatic rings. The van der Waals surface area contributed by atoms with Gasteiger partial charge in [-0.15, -0.1) is 15.7 Å². The molecule has 0 bridgehead atoms. The number of carbonyl (C=O) groups is 2. The zero-order valence-corrected chi connectivity index (χ0v) is 17.5. The summed E-state index contributed by atoms with van der Waals surface area (Å²) in [4.78, 5) is 30.8. The quantitative estimate of drug-likeness (QED) is 0.581. The average Bonchev–Trinajstić information content (AvgIpc) is 3.27. The van der Waals surface area contributed by atoms with Crippen LogP contribution in [-0.2, 0) is 21.4 Å². The lowest BCUT2D eigenvalue weighted by molar-refractivity contribution is -0.120. The first-order valence-electron chi connectivity index (χ1n) is 9.26. The van der Waals surface area contributed by atoms with Crippen LogP contribution in [0.5, 0.6) is 0 Å². The van der Waals surface area contributed by atoms with E-state index in [9.17, 15) is 18.0 Å². The normalized spacial score (nSPS) is 19.3. The Kier molecular flexibility index (Phi) is 4.65. The van der Waals surface area contributed by atoms with Crippen LogP contribution in [0.3, 0.4) is 0 Å². The molecule has 1 amide bonds. The third-order valence-electron chi connectivity index (χ3n) is 4.93. The molecule has 0 spiro atoms. The molecule has 156 valence electrons. The molecule has 5 rings (SSSR count). The lowest BCUT2D eigenvalue weighted by Gasteiger charge is -2.34. The number of thiazole rings is 1. The van der Waals surface area contributed by atoms with E-state index >= 15 is 0 Å². The second-order valence-electron chi connectivity index (χ2n) is 6.82. The highest BCUT2D eigenvalue weighted by Gasteiger charge is 2.45. The molecule has 9 nitrogen and oxygen atoms in total. The molecule has 1 unspecified atom stereocenters. The molecule has 31 heavy (non-hydrogen) atoms. The van der Waals surface area contributed by atoms with Crippen LogP contribution in [0.1, 0.15) is 15.4 Å². The third-order valence-corrected chi connectivity index (χ3v) is 7.06. The van der Waals surface area contributed by atoms with Gasteiger partial charge in [-0.05, 0) is 24.3 Å². The average molecular weight is 454 g/mol. The summed E-state index contributed by atoms with van der Waals surface area (Å²) in [5, 5.41) is 6.70. The topological polar surface area (TPSA) is 121 Å². The van der Waals surface area contributed by atoms with Crippen molar-refractivity contribution < 1.29 is 18.0 Å². The van der Waals surface area contributed by atoms with E-state index in [0.29, 0.717) is 11.3 Å². The molecule has 2 aliphatic rings. The maximum Gasteiger partial charge on any atom is 0.286 e. The number of amidine groups is 1. The highest BCUT2D eigenvalue weighted by atomic mass is 32.2. The Morgan fingerprint density at radius 3 is 2.68 bits per heavy atom. The van der Waals surface area contributed by atoms with Crippen molar-refractivity contribution in [2.45, 2.75) is 11.4 Å². The van der Waals surface area contributed by atoms with Gasteiger partial charge >= 0.3 is 0 Å². The van der Waals surface area contributed by atoms with Gasteiger partial charge in [0.05, 0.1) is 17.9 Å². The van der Waals surface area contributed by atoms with Crippen LogP contribution in [0.2, 0.25) is 0 Å². The van der Waals surface area contributed by atoms with Crippen molar-refractivity contribution in [2.75, 3.05) is 10.3 Å². The van der Waals surface area contributed by atoms with E-state index in [1.54, 1.807) is 48.7 Å². The molecule has 1 atom stereocenters. The minimum absolute atomic E-state index is 0.00592. The summed E-state index contributed by atoms with van der Waals surface area (Å²) in [6, 6.07) is 12.9. The number of sulfonamides is 1. The van der Waals surface area contributed by atoms with Gasteiger partial charge in [-0.3, -0.25) is 9.59 Å². The number of hydrazine groups is 1. The van der Waals surface area contributed by atoms with E-state index < -0.39 is 27.6 Å². The number of anilines is 2. The lowest BCUT2D eigenvalue weighted by Crippen LogP contribution is -2.55. The summed E-state index contributed by atoms with van der Waals surface area (Å²) in [6.45, 7) is 0.264. The highest BCUT2D eigenvalue weighted by Crippen LogP contribution is 2.34. The van der Waals surface area contributed by atoms with Crippen molar-refractivity contribution in [2.24, 2.45) is 10.3 Å². The highest BCUT2D eigenvalue weighted by molar-refractivity contribution is 7.90. The number of benzene rings is 2. The van der Waals surface area contributed by atoms with Gasteiger partial charge in [0.2, 0.25) is 0 Å². The van der Waals surface area contributed by atoms with Crippen molar-refractivity contribution >= 4 is 50.3 Å². The van der Waals surface area contributed by atoms with E-state index in [1.807, 2.05) is 5.38 Å². The molecule has 3 heterocycles. The number of nitrogens with zero attached hydrogens (tertiary/aromatic N) is 3. The van der Waals surface area contributed by atoms with Crippen LogP contribution in [-0.4, -0.2) is 30.9 Å². The molecule has 0 aliphatic carbocycles. The van der Waals surface area contributed by atoms with Crippen molar-refractivity contribution in [3.63, 3.8) is 0 Å². The zero-order valence-electron chi connectivity index (χ0n) is 15.8. The number of Topliss-reactive ketones (excluding diaryl/α,β-unsaturated/α-hetero) is 1. The number of aromatic nitrogens is 1. The molecule has 0 fully saturated rings.